The maximum absolute atomic E-state index is 12.9. The molecule has 30 heavy (non-hydrogen) atoms. The molecule has 3 rings (SSSR count). The third-order valence-corrected chi connectivity index (χ3v) is 7.95. The molecule has 1 aromatic carbocycles. The molecule has 166 valence electrons. The van der Waals surface area contributed by atoms with Crippen molar-refractivity contribution in [2.75, 3.05) is 31.1 Å². The second kappa shape index (κ2) is 9.34. The SMILES string of the molecule is CCN(CC)S(=O)(=O)c1ccc2c(c1)N(CC(=O)NC1CCC(C)CC1)C(=O)CO2. The number of amides is 2. The fourth-order valence-electron chi connectivity index (χ4n) is 4.05. The van der Waals surface area contributed by atoms with Crippen molar-refractivity contribution in [1.82, 2.24) is 9.62 Å². The summed E-state index contributed by atoms with van der Waals surface area (Å²) in [5.74, 6) is 0.462. The number of carbonyl (C=O) groups excluding carboxylic acids is 2. The summed E-state index contributed by atoms with van der Waals surface area (Å²) in [6, 6.07) is 4.57. The standard InChI is InChI=1S/C21H31N3O5S/c1-4-23(5-2)30(27,28)17-10-11-19-18(12-17)24(21(26)14-29-19)13-20(25)22-16-8-6-15(3)7-9-16/h10-12,15-16H,4-9,13-14H2,1-3H3,(H,22,25). The van der Waals surface area contributed by atoms with E-state index in [1.54, 1.807) is 19.9 Å². The summed E-state index contributed by atoms with van der Waals surface area (Å²) in [4.78, 5) is 26.5. The molecule has 8 nitrogen and oxygen atoms in total. The maximum Gasteiger partial charge on any atom is 0.265 e. The highest BCUT2D eigenvalue weighted by Crippen LogP contribution is 2.35. The first kappa shape index (κ1) is 22.6. The first-order valence-corrected chi connectivity index (χ1v) is 12.1. The smallest absolute Gasteiger partial charge is 0.265 e. The van der Waals surface area contributed by atoms with Crippen molar-refractivity contribution in [3.05, 3.63) is 18.2 Å². The fourth-order valence-corrected chi connectivity index (χ4v) is 5.53. The number of carbonyl (C=O) groups is 2. The zero-order chi connectivity index (χ0) is 21.9. The fraction of sp³-hybridized carbons (Fsp3) is 0.619. The predicted molar refractivity (Wildman–Crippen MR) is 114 cm³/mol. The molecular weight excluding hydrogens is 406 g/mol. The van der Waals surface area contributed by atoms with Crippen LogP contribution in [0.15, 0.2) is 23.1 Å². The van der Waals surface area contributed by atoms with Crippen molar-refractivity contribution in [1.29, 1.82) is 0 Å². The van der Waals surface area contributed by atoms with Crippen LogP contribution in [-0.2, 0) is 19.6 Å². The number of benzene rings is 1. The van der Waals surface area contributed by atoms with Crippen molar-refractivity contribution >= 4 is 27.5 Å². The summed E-state index contributed by atoms with van der Waals surface area (Å²) in [5, 5.41) is 3.02. The number of hydrogen-bond acceptors (Lipinski definition) is 5. The summed E-state index contributed by atoms with van der Waals surface area (Å²) in [5.41, 5.74) is 0.312. The first-order valence-electron chi connectivity index (χ1n) is 10.6. The number of nitrogens with zero attached hydrogens (tertiary/aromatic N) is 2. The van der Waals surface area contributed by atoms with E-state index in [1.807, 2.05) is 0 Å². The van der Waals surface area contributed by atoms with Crippen LogP contribution in [0.3, 0.4) is 0 Å². The highest BCUT2D eigenvalue weighted by molar-refractivity contribution is 7.89. The molecule has 0 unspecified atom stereocenters. The molecule has 9 heteroatoms. The highest BCUT2D eigenvalue weighted by atomic mass is 32.2. The first-order chi connectivity index (χ1) is 14.3. The monoisotopic (exact) mass is 437 g/mol. The van der Waals surface area contributed by atoms with Crippen LogP contribution < -0.4 is 15.0 Å². The molecule has 1 N–H and O–H groups in total. The topological polar surface area (TPSA) is 96.0 Å². The lowest BCUT2D eigenvalue weighted by Gasteiger charge is -2.31. The Hall–Kier alpha value is -2.13. The van der Waals surface area contributed by atoms with Gasteiger partial charge in [-0.1, -0.05) is 20.8 Å². The van der Waals surface area contributed by atoms with Crippen molar-refractivity contribution in [3.63, 3.8) is 0 Å². The van der Waals surface area contributed by atoms with E-state index in [0.29, 0.717) is 30.4 Å². The van der Waals surface area contributed by atoms with Crippen LogP contribution in [0, 0.1) is 5.92 Å². The van der Waals surface area contributed by atoms with Gasteiger partial charge in [0.1, 0.15) is 12.3 Å². The Labute approximate surface area is 178 Å². The Morgan fingerprint density at radius 3 is 2.50 bits per heavy atom. The molecule has 1 aromatic rings. The minimum atomic E-state index is -3.69. The van der Waals surface area contributed by atoms with Crippen LogP contribution in [0.25, 0.3) is 0 Å². The van der Waals surface area contributed by atoms with Gasteiger partial charge in [-0.15, -0.1) is 0 Å². The number of rotatable bonds is 7. The Morgan fingerprint density at radius 1 is 1.20 bits per heavy atom. The van der Waals surface area contributed by atoms with Crippen LogP contribution in [0.4, 0.5) is 5.69 Å². The zero-order valence-corrected chi connectivity index (χ0v) is 18.7. The molecule has 1 aliphatic heterocycles. The van der Waals surface area contributed by atoms with Crippen molar-refractivity contribution in [3.8, 4) is 5.75 Å². The van der Waals surface area contributed by atoms with Crippen LogP contribution in [-0.4, -0.2) is 56.8 Å². The van der Waals surface area contributed by atoms with Gasteiger partial charge in [-0.05, 0) is 49.8 Å². The van der Waals surface area contributed by atoms with Crippen LogP contribution in [0.1, 0.15) is 46.5 Å². The molecule has 1 heterocycles. The number of nitrogens with one attached hydrogen (secondary N) is 1. The molecule has 0 aromatic heterocycles. The summed E-state index contributed by atoms with van der Waals surface area (Å²) in [6.45, 7) is 6.11. The van der Waals surface area contributed by atoms with Crippen LogP contribution in [0.2, 0.25) is 0 Å². The lowest BCUT2D eigenvalue weighted by Crippen LogP contribution is -2.48. The lowest BCUT2D eigenvalue weighted by atomic mass is 9.87. The van der Waals surface area contributed by atoms with Gasteiger partial charge < -0.3 is 10.1 Å². The Balaban J connectivity index is 1.80. The van der Waals surface area contributed by atoms with E-state index in [1.165, 1.54) is 21.3 Å². The largest absolute Gasteiger partial charge is 0.482 e. The van der Waals surface area contributed by atoms with E-state index < -0.39 is 10.0 Å². The maximum atomic E-state index is 12.9. The molecule has 1 aliphatic carbocycles. The quantitative estimate of drug-likeness (QED) is 0.705. The van der Waals surface area contributed by atoms with E-state index in [9.17, 15) is 18.0 Å². The third-order valence-electron chi connectivity index (χ3n) is 5.90. The summed E-state index contributed by atoms with van der Waals surface area (Å²) >= 11 is 0. The molecule has 1 fully saturated rings. The van der Waals surface area contributed by atoms with E-state index in [-0.39, 0.29) is 35.9 Å². The third kappa shape index (κ3) is 4.78. The minimum absolute atomic E-state index is 0.0786. The average Bonchev–Trinajstić information content (AvgIpc) is 2.72. The molecule has 0 spiro atoms. The van der Waals surface area contributed by atoms with Crippen molar-refractivity contribution < 1.29 is 22.7 Å². The number of ether oxygens (including phenoxy) is 1. The van der Waals surface area contributed by atoms with Gasteiger partial charge in [0.15, 0.2) is 6.61 Å². The van der Waals surface area contributed by atoms with Gasteiger partial charge in [0.25, 0.3) is 5.91 Å². The summed E-state index contributed by atoms with van der Waals surface area (Å²) in [6.07, 6.45) is 4.04. The van der Waals surface area contributed by atoms with Gasteiger partial charge >= 0.3 is 0 Å². The zero-order valence-electron chi connectivity index (χ0n) is 17.9. The number of anilines is 1. The van der Waals surface area contributed by atoms with Gasteiger partial charge in [-0.3, -0.25) is 14.5 Å². The molecular formula is C21H31N3O5S. The van der Waals surface area contributed by atoms with E-state index >= 15 is 0 Å². The minimum Gasteiger partial charge on any atom is -0.482 e. The summed E-state index contributed by atoms with van der Waals surface area (Å²) < 4.78 is 32.6. The molecule has 0 saturated heterocycles. The van der Waals surface area contributed by atoms with Gasteiger partial charge in [-0.2, -0.15) is 4.31 Å². The van der Waals surface area contributed by atoms with E-state index in [4.69, 9.17) is 4.74 Å². The van der Waals surface area contributed by atoms with E-state index in [2.05, 4.69) is 12.2 Å². The Bertz CT molecular complexity index is 890. The molecule has 2 aliphatic rings. The lowest BCUT2D eigenvalue weighted by molar-refractivity contribution is -0.125. The second-order valence-electron chi connectivity index (χ2n) is 8.01. The second-order valence-corrected chi connectivity index (χ2v) is 9.95. The normalized spacial score (nSPS) is 21.9. The summed E-state index contributed by atoms with van der Waals surface area (Å²) in [7, 11) is -3.69. The van der Waals surface area contributed by atoms with Gasteiger partial charge in [0, 0.05) is 19.1 Å². The highest BCUT2D eigenvalue weighted by Gasteiger charge is 2.31. The number of fused-ring (bicyclic) bond motifs is 1. The molecule has 2 amide bonds. The number of sulfonamides is 1. The van der Waals surface area contributed by atoms with Crippen molar-refractivity contribution in [2.45, 2.75) is 57.4 Å². The number of hydrogen-bond donors (Lipinski definition) is 1. The Kier molecular flexibility index (Phi) is 7.02. The predicted octanol–water partition coefficient (Wildman–Crippen LogP) is 2.14. The van der Waals surface area contributed by atoms with Gasteiger partial charge in [-0.25, -0.2) is 8.42 Å². The van der Waals surface area contributed by atoms with Crippen molar-refractivity contribution in [2.24, 2.45) is 5.92 Å². The Morgan fingerprint density at radius 2 is 1.87 bits per heavy atom. The molecule has 0 bridgehead atoms. The van der Waals surface area contributed by atoms with Gasteiger partial charge in [0.05, 0.1) is 10.6 Å². The van der Waals surface area contributed by atoms with E-state index in [0.717, 1.165) is 25.7 Å². The average molecular weight is 438 g/mol. The molecule has 0 radical (unpaired) electrons. The van der Waals surface area contributed by atoms with Crippen LogP contribution in [0.5, 0.6) is 5.75 Å². The van der Waals surface area contributed by atoms with Gasteiger partial charge in [0.2, 0.25) is 15.9 Å². The van der Waals surface area contributed by atoms with Crippen LogP contribution >= 0.6 is 0 Å². The molecule has 0 atom stereocenters. The molecule has 1 saturated carbocycles.